The van der Waals surface area contributed by atoms with Crippen LogP contribution in [0.3, 0.4) is 0 Å². The first-order valence-corrected chi connectivity index (χ1v) is 10.9. The third kappa shape index (κ3) is 8.94. The number of aromatic nitrogens is 2. The van der Waals surface area contributed by atoms with Crippen molar-refractivity contribution in [1.82, 2.24) is 20.4 Å². The van der Waals surface area contributed by atoms with E-state index in [-0.39, 0.29) is 29.5 Å². The molecule has 4 rings (SSSR count). The lowest BCUT2D eigenvalue weighted by Crippen LogP contribution is -2.57. The summed E-state index contributed by atoms with van der Waals surface area (Å²) in [4.78, 5) is 27.8. The summed E-state index contributed by atoms with van der Waals surface area (Å²) in [5, 5.41) is 6.37. The number of aldehydes is 1. The largest absolute Gasteiger partial charge is 0.351 e. The van der Waals surface area contributed by atoms with Crippen LogP contribution in [0.1, 0.15) is 37.8 Å². The second kappa shape index (κ2) is 13.2. The summed E-state index contributed by atoms with van der Waals surface area (Å²) in [5.41, 5.74) is 0.576. The van der Waals surface area contributed by atoms with E-state index in [1.165, 1.54) is 24.3 Å². The third-order valence-electron chi connectivity index (χ3n) is 4.78. The maximum atomic E-state index is 12.6. The van der Waals surface area contributed by atoms with E-state index < -0.39 is 0 Å². The maximum Gasteiger partial charge on any atom is 0.258 e. The molecular formula is C25H31FN4O3. The van der Waals surface area contributed by atoms with E-state index in [0.717, 1.165) is 13.0 Å². The molecule has 1 aliphatic heterocycles. The molecule has 0 radical (unpaired) electrons. The summed E-state index contributed by atoms with van der Waals surface area (Å²) in [6, 6.07) is 17.9. The smallest absolute Gasteiger partial charge is 0.258 e. The molecule has 1 fully saturated rings. The van der Waals surface area contributed by atoms with Gasteiger partial charge >= 0.3 is 0 Å². The number of piperazine rings is 1. The molecule has 0 saturated carbocycles. The van der Waals surface area contributed by atoms with Crippen LogP contribution < -0.4 is 5.32 Å². The Kier molecular flexibility index (Phi) is 10.4. The van der Waals surface area contributed by atoms with Gasteiger partial charge in [-0.15, -0.1) is 0 Å². The van der Waals surface area contributed by atoms with Crippen molar-refractivity contribution in [2.24, 2.45) is 5.92 Å². The second-order valence-electron chi connectivity index (χ2n) is 8.23. The fourth-order valence-electron chi connectivity index (χ4n) is 3.25. The Labute approximate surface area is 194 Å². The van der Waals surface area contributed by atoms with Gasteiger partial charge in [0.1, 0.15) is 5.82 Å². The molecule has 2 atom stereocenters. The number of amides is 1. The number of nitrogens with zero attached hydrogens (tertiary/aromatic N) is 3. The molecule has 1 N–H and O–H groups in total. The van der Waals surface area contributed by atoms with Gasteiger partial charge in [0, 0.05) is 18.2 Å². The lowest BCUT2D eigenvalue weighted by Gasteiger charge is -2.36. The van der Waals surface area contributed by atoms with Crippen molar-refractivity contribution in [3.8, 4) is 11.5 Å². The lowest BCUT2D eigenvalue weighted by molar-refractivity contribution is -0.130. The molecule has 2 heterocycles. The molecule has 8 heteroatoms. The minimum absolute atomic E-state index is 0.0238. The molecule has 2 aromatic carbocycles. The summed E-state index contributed by atoms with van der Waals surface area (Å²) < 4.78 is 17.3. The monoisotopic (exact) mass is 454 g/mol. The van der Waals surface area contributed by atoms with Gasteiger partial charge < -0.3 is 9.84 Å². The number of hydrogen-bond acceptors (Lipinski definition) is 6. The van der Waals surface area contributed by atoms with Gasteiger partial charge in [0.25, 0.3) is 5.89 Å². The van der Waals surface area contributed by atoms with Crippen molar-refractivity contribution < 1.29 is 18.5 Å². The quantitative estimate of drug-likeness (QED) is 0.594. The van der Waals surface area contributed by atoms with Crippen molar-refractivity contribution in [1.29, 1.82) is 0 Å². The Bertz CT molecular complexity index is 950. The molecule has 1 aliphatic rings. The van der Waals surface area contributed by atoms with Crippen LogP contribution in [-0.2, 0) is 4.79 Å². The summed E-state index contributed by atoms with van der Waals surface area (Å²) in [7, 11) is 2.03. The Balaban J connectivity index is 0.000000188. The first-order chi connectivity index (χ1) is 15.8. The van der Waals surface area contributed by atoms with Crippen molar-refractivity contribution in [2.75, 3.05) is 13.6 Å². The molecule has 176 valence electrons. The Morgan fingerprint density at radius 3 is 2.18 bits per heavy atom. The van der Waals surface area contributed by atoms with Gasteiger partial charge in [0.15, 0.2) is 6.29 Å². The fraction of sp³-hybridized carbons (Fsp3) is 0.360. The van der Waals surface area contributed by atoms with Crippen LogP contribution in [0.25, 0.3) is 11.5 Å². The molecule has 0 bridgehead atoms. The van der Waals surface area contributed by atoms with E-state index in [4.69, 9.17) is 4.52 Å². The highest BCUT2D eigenvalue weighted by Crippen LogP contribution is 2.16. The molecular weight excluding hydrogens is 423 g/mol. The highest BCUT2D eigenvalue weighted by Gasteiger charge is 2.30. The summed E-state index contributed by atoms with van der Waals surface area (Å²) in [5.74, 6) is 0.599. The minimum atomic E-state index is -0.344. The van der Waals surface area contributed by atoms with E-state index in [1.54, 1.807) is 0 Å². The molecule has 0 aliphatic carbocycles. The predicted octanol–water partition coefficient (Wildman–Crippen LogP) is 4.23. The fourth-order valence-corrected chi connectivity index (χ4v) is 3.25. The Hall–Kier alpha value is -3.39. The topological polar surface area (TPSA) is 88.3 Å². The zero-order chi connectivity index (χ0) is 24.2. The molecule has 1 aromatic heterocycles. The number of nitrogens with one attached hydrogen (secondary N) is 1. The Morgan fingerprint density at radius 1 is 1.15 bits per heavy atom. The van der Waals surface area contributed by atoms with Crippen LogP contribution in [0.2, 0.25) is 0 Å². The van der Waals surface area contributed by atoms with Crippen molar-refractivity contribution in [3.05, 3.63) is 72.3 Å². The molecule has 7 nitrogen and oxygen atoms in total. The highest BCUT2D eigenvalue weighted by atomic mass is 19.1. The average molecular weight is 455 g/mol. The van der Waals surface area contributed by atoms with Crippen LogP contribution in [-0.4, -0.2) is 52.9 Å². The van der Waals surface area contributed by atoms with E-state index in [9.17, 15) is 14.0 Å². The average Bonchev–Trinajstić information content (AvgIpc) is 3.28. The molecule has 1 saturated heterocycles. The van der Waals surface area contributed by atoms with Crippen LogP contribution in [0.4, 0.5) is 4.39 Å². The van der Waals surface area contributed by atoms with Gasteiger partial charge in [0.05, 0.1) is 6.04 Å². The van der Waals surface area contributed by atoms with Crippen molar-refractivity contribution in [3.63, 3.8) is 0 Å². The number of halogens is 1. The second-order valence-corrected chi connectivity index (χ2v) is 8.23. The number of likely N-dealkylation sites (N-methyl/N-ethyl adjacent to an activating group) is 1. The number of carbonyl (C=O) groups excluding carboxylic acids is 2. The van der Waals surface area contributed by atoms with E-state index in [2.05, 4.69) is 34.2 Å². The van der Waals surface area contributed by atoms with Crippen LogP contribution in [0.5, 0.6) is 0 Å². The lowest BCUT2D eigenvalue weighted by atomic mass is 9.99. The predicted molar refractivity (Wildman–Crippen MR) is 125 cm³/mol. The molecule has 2 unspecified atom stereocenters. The van der Waals surface area contributed by atoms with Crippen LogP contribution in [0.15, 0.2) is 65.2 Å². The normalized spacial score (nSPS) is 17.8. The number of carbonyl (C=O) groups is 2. The molecule has 0 spiro atoms. The zero-order valence-electron chi connectivity index (χ0n) is 19.4. The van der Waals surface area contributed by atoms with E-state index in [1.807, 2.05) is 50.4 Å². The SMILES string of the molecule is CC(C)CC1C(=O)NC(C)CN1C.O=Cc1noc(-c2ccc(F)cc2)n1.c1ccccc1. The standard InChI is InChI=1S/C10H20N2O.C9H5FN2O2.C6H6/c1-7(2)5-9-10(13)11-8(3)6-12(9)4;10-7-3-1-6(2-4-7)9-11-8(5-13)12-14-9;1-2-4-6-5-3-1/h7-9H,5-6H2,1-4H3,(H,11,13);1-5H;1-6H. The van der Waals surface area contributed by atoms with Gasteiger partial charge in [-0.2, -0.15) is 4.98 Å². The maximum absolute atomic E-state index is 12.6. The van der Waals surface area contributed by atoms with E-state index >= 15 is 0 Å². The first-order valence-electron chi connectivity index (χ1n) is 10.9. The number of rotatable bonds is 4. The molecule has 33 heavy (non-hydrogen) atoms. The summed E-state index contributed by atoms with van der Waals surface area (Å²) >= 11 is 0. The Morgan fingerprint density at radius 2 is 1.73 bits per heavy atom. The molecule has 3 aromatic rings. The van der Waals surface area contributed by atoms with Gasteiger partial charge in [-0.25, -0.2) is 4.39 Å². The van der Waals surface area contributed by atoms with Crippen LogP contribution in [0, 0.1) is 11.7 Å². The number of hydrogen-bond donors (Lipinski definition) is 1. The summed E-state index contributed by atoms with van der Waals surface area (Å²) in [6.45, 7) is 7.31. The third-order valence-corrected chi connectivity index (χ3v) is 4.78. The highest BCUT2D eigenvalue weighted by molar-refractivity contribution is 5.82. The van der Waals surface area contributed by atoms with Crippen LogP contribution >= 0.6 is 0 Å². The zero-order valence-corrected chi connectivity index (χ0v) is 19.4. The van der Waals surface area contributed by atoms with Gasteiger partial charge in [-0.3, -0.25) is 14.5 Å². The van der Waals surface area contributed by atoms with Gasteiger partial charge in [-0.1, -0.05) is 55.4 Å². The van der Waals surface area contributed by atoms with Gasteiger partial charge in [0.2, 0.25) is 11.7 Å². The van der Waals surface area contributed by atoms with Crippen molar-refractivity contribution in [2.45, 2.75) is 39.3 Å². The van der Waals surface area contributed by atoms with Crippen molar-refractivity contribution >= 4 is 12.2 Å². The molecule has 1 amide bonds. The summed E-state index contributed by atoms with van der Waals surface area (Å²) in [6.07, 6.45) is 1.44. The number of benzene rings is 2. The van der Waals surface area contributed by atoms with Gasteiger partial charge in [-0.05, 0) is 50.6 Å². The minimum Gasteiger partial charge on any atom is -0.351 e. The van der Waals surface area contributed by atoms with E-state index in [0.29, 0.717) is 23.8 Å². The first kappa shape index (κ1) is 25.9.